The van der Waals surface area contributed by atoms with Crippen LogP contribution in [0.3, 0.4) is 0 Å². The van der Waals surface area contributed by atoms with E-state index in [1.807, 2.05) is 13.0 Å². The first-order valence-electron chi connectivity index (χ1n) is 6.97. The fourth-order valence-electron chi connectivity index (χ4n) is 2.75. The lowest BCUT2D eigenvalue weighted by Gasteiger charge is -2.31. The van der Waals surface area contributed by atoms with E-state index in [0.29, 0.717) is 12.0 Å². The molecule has 0 radical (unpaired) electrons. The van der Waals surface area contributed by atoms with Crippen LogP contribution in [-0.2, 0) is 6.61 Å². The molecule has 1 aliphatic carbocycles. The maximum atomic E-state index is 9.34. The van der Waals surface area contributed by atoms with Gasteiger partial charge in [0.2, 0.25) is 0 Å². The molecule has 0 amide bonds. The van der Waals surface area contributed by atoms with Gasteiger partial charge in [-0.05, 0) is 38.5 Å². The summed E-state index contributed by atoms with van der Waals surface area (Å²) in [5.74, 6) is 1.47. The number of rotatable bonds is 4. The first-order chi connectivity index (χ1) is 8.74. The van der Waals surface area contributed by atoms with Crippen LogP contribution in [0.4, 0.5) is 0 Å². The Morgan fingerprint density at radius 2 is 2.17 bits per heavy atom. The lowest BCUT2D eigenvalue weighted by Crippen LogP contribution is -2.30. The largest absolute Gasteiger partial charge is 0.490 e. The lowest BCUT2D eigenvalue weighted by molar-refractivity contribution is 0.0876. The molecule has 1 aliphatic rings. The number of hydrogen-bond donors (Lipinski definition) is 1. The molecule has 1 saturated carbocycles. The molecular weight excluding hydrogens is 226 g/mol. The third-order valence-electron chi connectivity index (χ3n) is 3.89. The van der Waals surface area contributed by atoms with Gasteiger partial charge in [0, 0.05) is 23.5 Å². The van der Waals surface area contributed by atoms with E-state index >= 15 is 0 Å². The second-order valence-electron chi connectivity index (χ2n) is 5.20. The summed E-state index contributed by atoms with van der Waals surface area (Å²) in [4.78, 5) is 4.20. The monoisotopic (exact) mass is 249 g/mol. The molecule has 0 aliphatic heterocycles. The van der Waals surface area contributed by atoms with Gasteiger partial charge in [0.1, 0.15) is 11.9 Å². The first kappa shape index (κ1) is 13.3. The van der Waals surface area contributed by atoms with Gasteiger partial charge in [-0.1, -0.05) is 13.3 Å². The number of ether oxygens (including phenoxy) is 1. The normalized spacial score (nSPS) is 23.9. The maximum Gasteiger partial charge on any atom is 0.128 e. The molecule has 1 aromatic rings. The van der Waals surface area contributed by atoms with E-state index in [4.69, 9.17) is 4.74 Å². The Morgan fingerprint density at radius 1 is 1.39 bits per heavy atom. The smallest absolute Gasteiger partial charge is 0.128 e. The van der Waals surface area contributed by atoms with Gasteiger partial charge in [-0.3, -0.25) is 4.98 Å². The van der Waals surface area contributed by atoms with E-state index in [1.165, 1.54) is 25.7 Å². The number of nitrogens with zero attached hydrogens (tertiary/aromatic N) is 1. The average molecular weight is 249 g/mol. The highest BCUT2D eigenvalue weighted by atomic mass is 16.5. The van der Waals surface area contributed by atoms with Crippen molar-refractivity contribution in [1.29, 1.82) is 0 Å². The second kappa shape index (κ2) is 6.19. The minimum absolute atomic E-state index is 0.00781. The molecule has 0 spiro atoms. The number of aryl methyl sites for hydroxylation is 1. The Kier molecular flexibility index (Phi) is 4.59. The van der Waals surface area contributed by atoms with Crippen LogP contribution in [0.15, 0.2) is 12.3 Å². The zero-order chi connectivity index (χ0) is 13.0. The Hall–Kier alpha value is -1.09. The summed E-state index contributed by atoms with van der Waals surface area (Å²) in [6.45, 7) is 4.18. The molecule has 1 fully saturated rings. The molecule has 2 atom stereocenters. The van der Waals surface area contributed by atoms with Crippen LogP contribution in [0.1, 0.15) is 50.3 Å². The molecule has 3 nitrogen and oxygen atoms in total. The molecule has 2 unspecified atom stereocenters. The zero-order valence-corrected chi connectivity index (χ0v) is 11.4. The average Bonchev–Trinajstić information content (AvgIpc) is 2.40. The summed E-state index contributed by atoms with van der Waals surface area (Å²) >= 11 is 0. The number of aliphatic hydroxyl groups excluding tert-OH is 1. The standard InChI is InChI=1S/C15H23NO2/c1-3-12-6-4-5-7-14(12)18-15-8-11(2)16-9-13(15)10-17/h8-9,12,14,17H,3-7,10H2,1-2H3. The summed E-state index contributed by atoms with van der Waals surface area (Å²) in [6, 6.07) is 1.94. The van der Waals surface area contributed by atoms with Crippen LogP contribution < -0.4 is 4.74 Å². The Morgan fingerprint density at radius 3 is 2.89 bits per heavy atom. The lowest BCUT2D eigenvalue weighted by atomic mass is 9.84. The predicted molar refractivity (Wildman–Crippen MR) is 71.6 cm³/mol. The fraction of sp³-hybridized carbons (Fsp3) is 0.667. The van der Waals surface area contributed by atoms with Gasteiger partial charge in [-0.15, -0.1) is 0 Å². The number of pyridine rings is 1. The molecule has 0 bridgehead atoms. The van der Waals surface area contributed by atoms with Gasteiger partial charge in [0.15, 0.2) is 0 Å². The van der Waals surface area contributed by atoms with E-state index in [1.54, 1.807) is 6.20 Å². The summed E-state index contributed by atoms with van der Waals surface area (Å²) in [7, 11) is 0. The van der Waals surface area contributed by atoms with Crippen molar-refractivity contribution in [3.63, 3.8) is 0 Å². The summed E-state index contributed by atoms with van der Waals surface area (Å²) in [5.41, 5.74) is 1.73. The van der Waals surface area contributed by atoms with Crippen molar-refractivity contribution in [2.24, 2.45) is 5.92 Å². The Bertz CT molecular complexity index is 392. The van der Waals surface area contributed by atoms with Crippen LogP contribution >= 0.6 is 0 Å². The fourth-order valence-corrected chi connectivity index (χ4v) is 2.75. The quantitative estimate of drug-likeness (QED) is 0.890. The van der Waals surface area contributed by atoms with E-state index in [-0.39, 0.29) is 6.61 Å². The topological polar surface area (TPSA) is 42.4 Å². The number of hydrogen-bond acceptors (Lipinski definition) is 3. The predicted octanol–water partition coefficient (Wildman–Crippen LogP) is 3.23. The summed E-state index contributed by atoms with van der Waals surface area (Å²) < 4.78 is 6.16. The van der Waals surface area contributed by atoms with Crippen LogP contribution in [-0.4, -0.2) is 16.2 Å². The molecule has 0 saturated heterocycles. The maximum absolute atomic E-state index is 9.34. The molecule has 1 N–H and O–H groups in total. The van der Waals surface area contributed by atoms with Gasteiger partial charge < -0.3 is 9.84 Å². The molecule has 1 heterocycles. The third kappa shape index (κ3) is 3.02. The molecule has 0 aromatic carbocycles. The van der Waals surface area contributed by atoms with Crippen LogP contribution in [0.5, 0.6) is 5.75 Å². The minimum Gasteiger partial charge on any atom is -0.490 e. The van der Waals surface area contributed by atoms with Crippen LogP contribution in [0.2, 0.25) is 0 Å². The number of aromatic nitrogens is 1. The molecule has 18 heavy (non-hydrogen) atoms. The van der Waals surface area contributed by atoms with Crippen molar-refractivity contribution in [3.8, 4) is 5.75 Å². The highest BCUT2D eigenvalue weighted by Crippen LogP contribution is 2.31. The van der Waals surface area contributed by atoms with E-state index in [2.05, 4.69) is 11.9 Å². The Labute approximate surface area is 109 Å². The van der Waals surface area contributed by atoms with E-state index < -0.39 is 0 Å². The highest BCUT2D eigenvalue weighted by molar-refractivity contribution is 5.32. The van der Waals surface area contributed by atoms with Gasteiger partial charge >= 0.3 is 0 Å². The SMILES string of the molecule is CCC1CCCCC1Oc1cc(C)ncc1CO. The molecule has 100 valence electrons. The van der Waals surface area contributed by atoms with Crippen molar-refractivity contribution in [3.05, 3.63) is 23.5 Å². The summed E-state index contributed by atoms with van der Waals surface area (Å²) in [6.07, 6.45) is 8.15. The van der Waals surface area contributed by atoms with Crippen molar-refractivity contribution < 1.29 is 9.84 Å². The van der Waals surface area contributed by atoms with Gasteiger partial charge in [0.05, 0.1) is 6.61 Å². The Balaban J connectivity index is 2.14. The molecule has 1 aromatic heterocycles. The minimum atomic E-state index is -0.00781. The van der Waals surface area contributed by atoms with Gasteiger partial charge in [-0.25, -0.2) is 0 Å². The zero-order valence-electron chi connectivity index (χ0n) is 11.4. The first-order valence-corrected chi connectivity index (χ1v) is 6.97. The summed E-state index contributed by atoms with van der Waals surface area (Å²) in [5, 5.41) is 9.34. The van der Waals surface area contributed by atoms with Gasteiger partial charge in [0.25, 0.3) is 0 Å². The van der Waals surface area contributed by atoms with Crippen molar-refractivity contribution in [2.45, 2.75) is 58.7 Å². The van der Waals surface area contributed by atoms with Crippen molar-refractivity contribution >= 4 is 0 Å². The third-order valence-corrected chi connectivity index (χ3v) is 3.89. The van der Waals surface area contributed by atoms with Crippen LogP contribution in [0, 0.1) is 12.8 Å². The molecule has 3 heteroatoms. The van der Waals surface area contributed by atoms with Crippen molar-refractivity contribution in [1.82, 2.24) is 4.98 Å². The second-order valence-corrected chi connectivity index (χ2v) is 5.20. The van der Waals surface area contributed by atoms with Gasteiger partial charge in [-0.2, -0.15) is 0 Å². The number of aliphatic hydroxyl groups is 1. The van der Waals surface area contributed by atoms with Crippen molar-refractivity contribution in [2.75, 3.05) is 0 Å². The van der Waals surface area contributed by atoms with Crippen LogP contribution in [0.25, 0.3) is 0 Å². The molecular formula is C15H23NO2. The van der Waals surface area contributed by atoms with E-state index in [9.17, 15) is 5.11 Å². The van der Waals surface area contributed by atoms with E-state index in [0.717, 1.165) is 23.4 Å². The highest BCUT2D eigenvalue weighted by Gasteiger charge is 2.25. The molecule has 2 rings (SSSR count).